The molecule has 2 aliphatic rings. The highest BCUT2D eigenvalue weighted by molar-refractivity contribution is 9.10. The number of benzene rings is 1. The number of methoxy groups -OCH3 is 1. The van der Waals surface area contributed by atoms with Gasteiger partial charge in [0.1, 0.15) is 5.75 Å². The molecular formula is C16H23BrN2O. The van der Waals surface area contributed by atoms with Crippen molar-refractivity contribution < 1.29 is 4.74 Å². The average molecular weight is 339 g/mol. The third-order valence-corrected chi connectivity index (χ3v) is 5.43. The number of nitrogens with zero attached hydrogens (tertiary/aromatic N) is 1. The second-order valence-corrected chi connectivity index (χ2v) is 7.05. The van der Waals surface area contributed by atoms with Gasteiger partial charge in [-0.25, -0.2) is 0 Å². The van der Waals surface area contributed by atoms with E-state index in [1.807, 2.05) is 0 Å². The zero-order valence-corrected chi connectivity index (χ0v) is 13.9. The minimum atomic E-state index is 0.324. The van der Waals surface area contributed by atoms with Gasteiger partial charge in [0.15, 0.2) is 0 Å². The summed E-state index contributed by atoms with van der Waals surface area (Å²) in [6.45, 7) is 6.80. The van der Waals surface area contributed by atoms with Crippen molar-refractivity contribution in [3.8, 4) is 5.75 Å². The van der Waals surface area contributed by atoms with E-state index < -0.39 is 0 Å². The molecule has 1 N–H and O–H groups in total. The Morgan fingerprint density at radius 2 is 2.25 bits per heavy atom. The van der Waals surface area contributed by atoms with Gasteiger partial charge in [-0.2, -0.15) is 0 Å². The van der Waals surface area contributed by atoms with Crippen molar-refractivity contribution in [3.05, 3.63) is 28.2 Å². The molecule has 3 nitrogen and oxygen atoms in total. The molecule has 20 heavy (non-hydrogen) atoms. The molecule has 1 atom stereocenters. The summed E-state index contributed by atoms with van der Waals surface area (Å²) >= 11 is 3.59. The Hall–Kier alpha value is -0.580. The van der Waals surface area contributed by atoms with Gasteiger partial charge in [0, 0.05) is 31.7 Å². The van der Waals surface area contributed by atoms with Crippen LogP contribution in [0.15, 0.2) is 22.7 Å². The first-order valence-electron chi connectivity index (χ1n) is 7.41. The molecule has 2 fully saturated rings. The molecule has 1 unspecified atom stereocenters. The number of halogens is 1. The van der Waals surface area contributed by atoms with Gasteiger partial charge in [0.25, 0.3) is 0 Å². The lowest BCUT2D eigenvalue weighted by Gasteiger charge is -2.46. The van der Waals surface area contributed by atoms with Crippen LogP contribution in [0.1, 0.15) is 25.3 Å². The lowest BCUT2D eigenvalue weighted by atomic mass is 9.90. The number of hydrogen-bond acceptors (Lipinski definition) is 3. The summed E-state index contributed by atoms with van der Waals surface area (Å²) in [6.07, 6.45) is 2.78. The first kappa shape index (κ1) is 14.4. The van der Waals surface area contributed by atoms with E-state index >= 15 is 0 Å². The second kappa shape index (κ2) is 5.66. The van der Waals surface area contributed by atoms with Gasteiger partial charge in [-0.3, -0.25) is 4.90 Å². The molecule has 1 aromatic rings. The van der Waals surface area contributed by atoms with Crippen molar-refractivity contribution in [1.29, 1.82) is 0 Å². The van der Waals surface area contributed by atoms with Crippen LogP contribution in [0.4, 0.5) is 0 Å². The van der Waals surface area contributed by atoms with Crippen LogP contribution in [-0.2, 0) is 6.54 Å². The Bertz CT molecular complexity index is 489. The summed E-state index contributed by atoms with van der Waals surface area (Å²) in [5, 5.41) is 3.57. The maximum atomic E-state index is 5.31. The molecule has 0 bridgehead atoms. The summed E-state index contributed by atoms with van der Waals surface area (Å²) in [5.74, 6) is 1.77. The summed E-state index contributed by atoms with van der Waals surface area (Å²) < 4.78 is 6.35. The molecule has 1 saturated carbocycles. The Morgan fingerprint density at radius 3 is 2.90 bits per heavy atom. The molecule has 4 heteroatoms. The minimum Gasteiger partial charge on any atom is -0.496 e. The summed E-state index contributed by atoms with van der Waals surface area (Å²) in [6, 6.07) is 6.42. The fraction of sp³-hybridized carbons (Fsp3) is 0.625. The van der Waals surface area contributed by atoms with Crippen LogP contribution in [0.2, 0.25) is 0 Å². The lowest BCUT2D eigenvalue weighted by Crippen LogP contribution is -2.60. The van der Waals surface area contributed by atoms with Crippen LogP contribution < -0.4 is 10.1 Å². The number of hydrogen-bond donors (Lipinski definition) is 1. The predicted octanol–water partition coefficient (Wildman–Crippen LogP) is 3.03. The quantitative estimate of drug-likeness (QED) is 0.913. The summed E-state index contributed by atoms with van der Waals surface area (Å²) in [7, 11) is 1.71. The van der Waals surface area contributed by atoms with Gasteiger partial charge in [0.2, 0.25) is 0 Å². The molecule has 110 valence electrons. The van der Waals surface area contributed by atoms with E-state index in [1.165, 1.54) is 18.4 Å². The van der Waals surface area contributed by atoms with E-state index in [0.29, 0.717) is 5.54 Å². The Kier molecular flexibility index (Phi) is 4.07. The smallest absolute Gasteiger partial charge is 0.133 e. The molecule has 1 aliphatic heterocycles. The highest BCUT2D eigenvalue weighted by Gasteiger charge is 2.46. The Labute approximate surface area is 129 Å². The molecule has 3 rings (SSSR count). The lowest BCUT2D eigenvalue weighted by molar-refractivity contribution is 0.0484. The van der Waals surface area contributed by atoms with Crippen LogP contribution in [0.3, 0.4) is 0 Å². The maximum absolute atomic E-state index is 5.31. The van der Waals surface area contributed by atoms with Crippen molar-refractivity contribution >= 4 is 15.9 Å². The minimum absolute atomic E-state index is 0.324. The van der Waals surface area contributed by atoms with E-state index in [0.717, 1.165) is 42.3 Å². The fourth-order valence-electron chi connectivity index (χ4n) is 3.32. The van der Waals surface area contributed by atoms with Gasteiger partial charge in [-0.15, -0.1) is 0 Å². The van der Waals surface area contributed by atoms with Crippen LogP contribution in [0, 0.1) is 5.92 Å². The van der Waals surface area contributed by atoms with Crippen LogP contribution in [-0.4, -0.2) is 37.2 Å². The van der Waals surface area contributed by atoms with Gasteiger partial charge in [-0.1, -0.05) is 6.07 Å². The van der Waals surface area contributed by atoms with Crippen LogP contribution in [0.5, 0.6) is 5.75 Å². The third-order valence-electron chi connectivity index (χ3n) is 4.81. The summed E-state index contributed by atoms with van der Waals surface area (Å²) in [4.78, 5) is 2.66. The maximum Gasteiger partial charge on any atom is 0.133 e. The number of rotatable bonds is 4. The zero-order chi connectivity index (χ0) is 14.2. The van der Waals surface area contributed by atoms with Crippen molar-refractivity contribution in [2.24, 2.45) is 5.92 Å². The molecule has 0 radical (unpaired) electrons. The second-order valence-electron chi connectivity index (χ2n) is 6.20. The van der Waals surface area contributed by atoms with E-state index in [9.17, 15) is 0 Å². The number of piperazine rings is 1. The number of ether oxygens (including phenoxy) is 1. The normalized spacial score (nSPS) is 27.6. The third kappa shape index (κ3) is 2.74. The van der Waals surface area contributed by atoms with Crippen LogP contribution >= 0.6 is 15.9 Å². The highest BCUT2D eigenvalue weighted by Crippen LogP contribution is 2.44. The molecule has 1 aliphatic carbocycles. The van der Waals surface area contributed by atoms with E-state index in [1.54, 1.807) is 7.11 Å². The van der Waals surface area contributed by atoms with Gasteiger partial charge < -0.3 is 10.1 Å². The molecule has 1 aromatic carbocycles. The first-order valence-corrected chi connectivity index (χ1v) is 8.21. The standard InChI is InChI=1S/C16H23BrN2O/c1-16(13-4-5-13)11-18-7-8-19(16)10-12-3-6-15(20-2)14(17)9-12/h3,6,9,13,18H,4-5,7-8,10-11H2,1-2H3. The molecule has 1 heterocycles. The van der Waals surface area contributed by atoms with Crippen molar-refractivity contribution in [2.45, 2.75) is 31.8 Å². The van der Waals surface area contributed by atoms with E-state index in [-0.39, 0.29) is 0 Å². The molecule has 1 saturated heterocycles. The van der Waals surface area contributed by atoms with E-state index in [2.05, 4.69) is 51.3 Å². The molecular weight excluding hydrogens is 316 g/mol. The number of nitrogens with one attached hydrogen (secondary N) is 1. The van der Waals surface area contributed by atoms with Crippen molar-refractivity contribution in [3.63, 3.8) is 0 Å². The average Bonchev–Trinajstić information content (AvgIpc) is 3.26. The monoisotopic (exact) mass is 338 g/mol. The van der Waals surface area contributed by atoms with Gasteiger partial charge in [0.05, 0.1) is 11.6 Å². The SMILES string of the molecule is COc1ccc(CN2CCNCC2(C)C2CC2)cc1Br. The van der Waals surface area contributed by atoms with Crippen molar-refractivity contribution in [2.75, 3.05) is 26.7 Å². The highest BCUT2D eigenvalue weighted by atomic mass is 79.9. The van der Waals surface area contributed by atoms with Gasteiger partial charge in [-0.05, 0) is 59.3 Å². The Balaban J connectivity index is 1.76. The first-order chi connectivity index (χ1) is 9.63. The topological polar surface area (TPSA) is 24.5 Å². The van der Waals surface area contributed by atoms with E-state index in [4.69, 9.17) is 4.74 Å². The molecule has 0 aromatic heterocycles. The summed E-state index contributed by atoms with van der Waals surface area (Å²) in [5.41, 5.74) is 1.68. The fourth-order valence-corrected chi connectivity index (χ4v) is 3.91. The largest absolute Gasteiger partial charge is 0.496 e. The van der Waals surface area contributed by atoms with Crippen molar-refractivity contribution in [1.82, 2.24) is 10.2 Å². The Morgan fingerprint density at radius 1 is 1.45 bits per heavy atom. The molecule has 0 spiro atoms. The molecule has 0 amide bonds. The van der Waals surface area contributed by atoms with Gasteiger partial charge >= 0.3 is 0 Å². The zero-order valence-electron chi connectivity index (χ0n) is 12.3. The van der Waals surface area contributed by atoms with Crippen LogP contribution in [0.25, 0.3) is 0 Å². The predicted molar refractivity (Wildman–Crippen MR) is 85.1 cm³/mol.